The Labute approximate surface area is 138 Å². The minimum Gasteiger partial charge on any atom is -0.321 e. The fourth-order valence-electron chi connectivity index (χ4n) is 2.45. The monoisotopic (exact) mass is 349 g/mol. The van der Waals surface area contributed by atoms with Gasteiger partial charge in [-0.2, -0.15) is 0 Å². The molecule has 0 spiro atoms. The van der Waals surface area contributed by atoms with Gasteiger partial charge < -0.3 is 14.4 Å². The van der Waals surface area contributed by atoms with Crippen LogP contribution in [-0.2, 0) is 18.4 Å². The molecule has 0 saturated heterocycles. The highest BCUT2D eigenvalue weighted by molar-refractivity contribution is 7.62. The molecule has 23 heavy (non-hydrogen) atoms. The number of nitrogens with one attached hydrogen (secondary N) is 1. The molecule has 0 bridgehead atoms. The van der Waals surface area contributed by atoms with Gasteiger partial charge in [-0.15, -0.1) is 11.3 Å². The topological polar surface area (TPSA) is 64.6 Å². The summed E-state index contributed by atoms with van der Waals surface area (Å²) in [4.78, 5) is 13.2. The van der Waals surface area contributed by atoms with Gasteiger partial charge >= 0.3 is 7.60 Å². The zero-order valence-corrected chi connectivity index (χ0v) is 14.7. The van der Waals surface area contributed by atoms with E-state index < -0.39 is 7.60 Å². The Morgan fingerprint density at radius 2 is 1.96 bits per heavy atom. The van der Waals surface area contributed by atoms with Crippen LogP contribution in [0.25, 0.3) is 11.6 Å². The number of anilines is 1. The average molecular weight is 349 g/mol. The number of fused-ring (bicyclic) bond motifs is 1. The molecule has 1 aliphatic heterocycles. The Balaban J connectivity index is 2.10. The molecule has 1 aromatic carbocycles. The van der Waals surface area contributed by atoms with Crippen molar-refractivity contribution in [1.29, 1.82) is 0 Å². The quantitative estimate of drug-likeness (QED) is 0.676. The van der Waals surface area contributed by atoms with Crippen LogP contribution in [0.3, 0.4) is 0 Å². The lowest BCUT2D eigenvalue weighted by Crippen LogP contribution is -2.08. The second-order valence-corrected chi connectivity index (χ2v) is 8.32. The molecule has 0 radical (unpaired) electrons. The fraction of sp³-hybridized carbons (Fsp3) is 0.188. The first-order chi connectivity index (χ1) is 11.0. The molecule has 1 aromatic heterocycles. The van der Waals surface area contributed by atoms with E-state index in [1.807, 2.05) is 24.4 Å². The number of hydrogen-bond acceptors (Lipinski definition) is 5. The van der Waals surface area contributed by atoms with E-state index in [0.29, 0.717) is 22.1 Å². The van der Waals surface area contributed by atoms with E-state index in [9.17, 15) is 9.36 Å². The predicted molar refractivity (Wildman–Crippen MR) is 93.3 cm³/mol. The molecule has 1 N–H and O–H groups in total. The number of thiophene rings is 1. The van der Waals surface area contributed by atoms with E-state index in [1.54, 1.807) is 29.5 Å². The van der Waals surface area contributed by atoms with E-state index >= 15 is 0 Å². The van der Waals surface area contributed by atoms with Crippen LogP contribution in [0, 0.1) is 6.92 Å². The molecule has 5 nitrogen and oxygen atoms in total. The molecule has 7 heteroatoms. The highest BCUT2D eigenvalue weighted by atomic mass is 32.1. The van der Waals surface area contributed by atoms with Gasteiger partial charge in [0.25, 0.3) is 5.91 Å². The van der Waals surface area contributed by atoms with Gasteiger partial charge in [0.15, 0.2) is 0 Å². The third-order valence-corrected chi connectivity index (χ3v) is 6.49. The van der Waals surface area contributed by atoms with Crippen LogP contribution in [0.4, 0.5) is 5.69 Å². The minimum atomic E-state index is -3.35. The van der Waals surface area contributed by atoms with Gasteiger partial charge in [-0.1, -0.05) is 0 Å². The maximum absolute atomic E-state index is 12.5. The highest BCUT2D eigenvalue weighted by Gasteiger charge is 2.30. The van der Waals surface area contributed by atoms with Crippen molar-refractivity contribution >= 4 is 47.5 Å². The van der Waals surface area contributed by atoms with E-state index in [0.717, 1.165) is 10.4 Å². The first kappa shape index (κ1) is 16.1. The van der Waals surface area contributed by atoms with Crippen molar-refractivity contribution in [1.82, 2.24) is 0 Å². The number of benzene rings is 1. The summed E-state index contributed by atoms with van der Waals surface area (Å²) < 4.78 is 22.6. The molecule has 120 valence electrons. The number of carbonyl (C=O) groups excluding carboxylic acids is 1. The summed E-state index contributed by atoms with van der Waals surface area (Å²) in [6, 6.07) is 7.06. The van der Waals surface area contributed by atoms with Crippen LogP contribution in [0.1, 0.15) is 16.0 Å². The molecule has 0 aliphatic carbocycles. The predicted octanol–water partition coefficient (Wildman–Crippen LogP) is 3.66. The zero-order valence-electron chi connectivity index (χ0n) is 13.0. The summed E-state index contributed by atoms with van der Waals surface area (Å²) in [5.74, 6) is -0.173. The van der Waals surface area contributed by atoms with Gasteiger partial charge in [-0.05, 0) is 48.2 Å². The lowest BCUT2D eigenvalue weighted by molar-refractivity contribution is -0.110. The summed E-state index contributed by atoms with van der Waals surface area (Å²) in [7, 11) is -0.675. The molecular weight excluding hydrogens is 333 g/mol. The lowest BCUT2D eigenvalue weighted by atomic mass is 10.1. The van der Waals surface area contributed by atoms with Gasteiger partial charge in [0.1, 0.15) is 0 Å². The third-order valence-electron chi connectivity index (χ3n) is 3.62. The fourth-order valence-corrected chi connectivity index (χ4v) is 4.39. The van der Waals surface area contributed by atoms with Crippen molar-refractivity contribution in [2.24, 2.45) is 0 Å². The van der Waals surface area contributed by atoms with Crippen LogP contribution < -0.4 is 10.6 Å². The van der Waals surface area contributed by atoms with Crippen LogP contribution in [0.15, 0.2) is 29.6 Å². The summed E-state index contributed by atoms with van der Waals surface area (Å²) >= 11 is 1.57. The minimum absolute atomic E-state index is 0.173. The largest absolute Gasteiger partial charge is 0.360 e. The molecule has 2 heterocycles. The Hall–Kier alpha value is -1.72. The maximum atomic E-state index is 12.5. The standard InChI is InChI=1S/C16H16NO4PS/c1-10-6-12(23-9-10)8-14-13-7-11(22(19,20-2)21-3)4-5-15(13)17-16(14)18/h4-9H,1-3H3,(H,17,18). The molecule has 0 atom stereocenters. The zero-order chi connectivity index (χ0) is 16.6. The number of aryl methyl sites for hydroxylation is 1. The van der Waals surface area contributed by atoms with E-state index in [-0.39, 0.29) is 5.91 Å². The second-order valence-electron chi connectivity index (χ2n) is 5.13. The third kappa shape index (κ3) is 2.91. The van der Waals surface area contributed by atoms with Gasteiger partial charge in [-0.3, -0.25) is 9.36 Å². The van der Waals surface area contributed by atoms with Crippen molar-refractivity contribution < 1.29 is 18.4 Å². The normalized spacial score (nSPS) is 15.8. The number of hydrogen-bond donors (Lipinski definition) is 1. The summed E-state index contributed by atoms with van der Waals surface area (Å²) in [6.07, 6.45) is 1.84. The Kier molecular flexibility index (Phi) is 4.25. The Morgan fingerprint density at radius 1 is 1.22 bits per heavy atom. The van der Waals surface area contributed by atoms with Gasteiger partial charge in [0, 0.05) is 30.3 Å². The lowest BCUT2D eigenvalue weighted by Gasteiger charge is -2.14. The summed E-state index contributed by atoms with van der Waals surface area (Å²) in [6.45, 7) is 2.01. The van der Waals surface area contributed by atoms with Gasteiger partial charge in [0.05, 0.1) is 10.9 Å². The smallest absolute Gasteiger partial charge is 0.321 e. The number of rotatable bonds is 4. The SMILES string of the molecule is COP(=O)(OC)c1ccc2c(c1)C(=Cc1cc(C)cs1)C(=O)N2. The van der Waals surface area contributed by atoms with Crippen LogP contribution in [0.2, 0.25) is 0 Å². The molecule has 1 aliphatic rings. The molecule has 2 aromatic rings. The van der Waals surface area contributed by atoms with Crippen molar-refractivity contribution in [3.63, 3.8) is 0 Å². The van der Waals surface area contributed by atoms with Gasteiger partial charge in [-0.25, -0.2) is 0 Å². The van der Waals surface area contributed by atoms with Crippen molar-refractivity contribution in [3.8, 4) is 0 Å². The van der Waals surface area contributed by atoms with E-state index in [1.165, 1.54) is 14.2 Å². The number of carbonyl (C=O) groups is 1. The second kappa shape index (κ2) is 6.06. The average Bonchev–Trinajstić information content (AvgIpc) is 3.10. The molecule has 0 saturated carbocycles. The summed E-state index contributed by atoms with van der Waals surface area (Å²) in [5.41, 5.74) is 3.09. The van der Waals surface area contributed by atoms with Gasteiger partial charge in [0.2, 0.25) is 0 Å². The molecule has 0 unspecified atom stereocenters. The van der Waals surface area contributed by atoms with Crippen molar-refractivity contribution in [2.45, 2.75) is 6.92 Å². The van der Waals surface area contributed by atoms with Crippen LogP contribution >= 0.6 is 18.9 Å². The van der Waals surface area contributed by atoms with E-state index in [2.05, 4.69) is 5.32 Å². The molecule has 3 rings (SSSR count). The van der Waals surface area contributed by atoms with E-state index in [4.69, 9.17) is 9.05 Å². The number of amides is 1. The highest BCUT2D eigenvalue weighted by Crippen LogP contribution is 2.46. The van der Waals surface area contributed by atoms with Crippen LogP contribution in [-0.4, -0.2) is 20.1 Å². The Bertz CT molecular complexity index is 848. The molecule has 0 fully saturated rings. The first-order valence-corrected chi connectivity index (χ1v) is 9.34. The van der Waals surface area contributed by atoms with Crippen LogP contribution in [0.5, 0.6) is 0 Å². The Morgan fingerprint density at radius 3 is 2.57 bits per heavy atom. The van der Waals surface area contributed by atoms with Crippen molar-refractivity contribution in [3.05, 3.63) is 45.6 Å². The molecule has 1 amide bonds. The first-order valence-electron chi connectivity index (χ1n) is 6.91. The van der Waals surface area contributed by atoms with Crippen molar-refractivity contribution in [2.75, 3.05) is 19.5 Å². The summed E-state index contributed by atoms with van der Waals surface area (Å²) in [5, 5.41) is 5.27. The maximum Gasteiger partial charge on any atom is 0.360 e. The molecular formula is C16H16NO4PS.